The van der Waals surface area contributed by atoms with Gasteiger partial charge in [0.2, 0.25) is 0 Å². The molecule has 1 aromatic rings. The Morgan fingerprint density at radius 3 is 2.59 bits per heavy atom. The van der Waals surface area contributed by atoms with E-state index < -0.39 is 0 Å². The zero-order valence-electron chi connectivity index (χ0n) is 10.4. The minimum Gasteiger partial charge on any atom is -0.365 e. The maximum absolute atomic E-state index is 6.13. The molecule has 0 radical (unpaired) electrons. The highest BCUT2D eigenvalue weighted by atomic mass is 14.8. The lowest BCUT2D eigenvalue weighted by atomic mass is 9.43. The summed E-state index contributed by atoms with van der Waals surface area (Å²) in [6.45, 7) is 0.905. The molecule has 2 heteroatoms. The first kappa shape index (κ1) is 10.2. The second kappa shape index (κ2) is 3.17. The van der Waals surface area contributed by atoms with Gasteiger partial charge in [0.05, 0.1) is 0 Å². The van der Waals surface area contributed by atoms with Gasteiger partial charge in [-0.05, 0) is 74.5 Å². The number of aromatic nitrogens is 1. The van der Waals surface area contributed by atoms with Crippen LogP contribution in [-0.4, -0.2) is 11.5 Å². The van der Waals surface area contributed by atoms with Crippen molar-refractivity contribution in [3.63, 3.8) is 0 Å². The molecular formula is C15H22N2. The van der Waals surface area contributed by atoms with E-state index in [4.69, 9.17) is 5.73 Å². The summed E-state index contributed by atoms with van der Waals surface area (Å²) in [7, 11) is 0. The molecule has 0 saturated heterocycles. The number of nitrogens with one attached hydrogen (secondary N) is 1. The van der Waals surface area contributed by atoms with Crippen molar-refractivity contribution in [1.29, 1.82) is 0 Å². The molecule has 0 aromatic carbocycles. The Hall–Kier alpha value is -0.760. The van der Waals surface area contributed by atoms with E-state index in [9.17, 15) is 0 Å². The monoisotopic (exact) mass is 230 g/mol. The lowest BCUT2D eigenvalue weighted by Crippen LogP contribution is -2.56. The third kappa shape index (κ3) is 1.31. The van der Waals surface area contributed by atoms with Gasteiger partial charge in [-0.1, -0.05) is 0 Å². The van der Waals surface area contributed by atoms with Crippen LogP contribution in [0.3, 0.4) is 0 Å². The van der Waals surface area contributed by atoms with Gasteiger partial charge < -0.3 is 10.7 Å². The fourth-order valence-corrected chi connectivity index (χ4v) is 5.67. The first-order valence-electron chi connectivity index (χ1n) is 7.08. The Labute approximate surface area is 103 Å². The molecule has 4 aliphatic carbocycles. The highest BCUT2D eigenvalue weighted by molar-refractivity contribution is 5.25. The average molecular weight is 230 g/mol. The lowest BCUT2D eigenvalue weighted by molar-refractivity contribution is -0.0680. The number of hydrogen-bond acceptors (Lipinski definition) is 1. The molecule has 2 atom stereocenters. The molecule has 4 bridgehead atoms. The summed E-state index contributed by atoms with van der Waals surface area (Å²) >= 11 is 0. The Morgan fingerprint density at radius 2 is 2.00 bits per heavy atom. The molecule has 3 N–H and O–H groups in total. The molecule has 2 nitrogen and oxygen atoms in total. The summed E-state index contributed by atoms with van der Waals surface area (Å²) in [4.78, 5) is 3.49. The predicted molar refractivity (Wildman–Crippen MR) is 68.6 cm³/mol. The van der Waals surface area contributed by atoms with Crippen LogP contribution in [0.1, 0.15) is 44.2 Å². The van der Waals surface area contributed by atoms with Crippen molar-refractivity contribution >= 4 is 0 Å². The number of aromatic amines is 1. The van der Waals surface area contributed by atoms with Crippen molar-refractivity contribution in [2.45, 2.75) is 43.9 Å². The Kier molecular flexibility index (Phi) is 1.90. The predicted octanol–water partition coefficient (Wildman–Crippen LogP) is 2.81. The molecule has 0 spiro atoms. The van der Waals surface area contributed by atoms with Gasteiger partial charge in [0, 0.05) is 17.3 Å². The zero-order valence-corrected chi connectivity index (χ0v) is 10.4. The van der Waals surface area contributed by atoms with Crippen LogP contribution in [0.2, 0.25) is 0 Å². The molecular weight excluding hydrogens is 208 g/mol. The standard InChI is InChI=1S/C15H22N2/c16-10-14-5-11-4-12(6-14)8-15(7-11,9-14)13-2-1-3-17-13/h1-3,11-12,17H,4-10,16H2. The first-order valence-corrected chi connectivity index (χ1v) is 7.08. The molecule has 2 unspecified atom stereocenters. The summed E-state index contributed by atoms with van der Waals surface area (Å²) < 4.78 is 0. The first-order chi connectivity index (χ1) is 8.24. The van der Waals surface area contributed by atoms with Crippen LogP contribution in [-0.2, 0) is 5.41 Å². The summed E-state index contributed by atoms with van der Waals surface area (Å²) in [5.41, 5.74) is 8.55. The van der Waals surface area contributed by atoms with Gasteiger partial charge in [-0.15, -0.1) is 0 Å². The largest absolute Gasteiger partial charge is 0.365 e. The van der Waals surface area contributed by atoms with Crippen LogP contribution in [0.5, 0.6) is 0 Å². The Balaban J connectivity index is 1.78. The number of hydrogen-bond donors (Lipinski definition) is 2. The topological polar surface area (TPSA) is 41.8 Å². The van der Waals surface area contributed by atoms with E-state index in [-0.39, 0.29) is 0 Å². The van der Waals surface area contributed by atoms with Crippen LogP contribution in [0.4, 0.5) is 0 Å². The minimum atomic E-state index is 0.451. The highest BCUT2D eigenvalue weighted by Gasteiger charge is 2.57. The molecule has 0 aliphatic heterocycles. The fourth-order valence-electron chi connectivity index (χ4n) is 5.67. The van der Waals surface area contributed by atoms with E-state index in [1.807, 2.05) is 0 Å². The summed E-state index contributed by atoms with van der Waals surface area (Å²) in [5.74, 6) is 1.89. The molecule has 17 heavy (non-hydrogen) atoms. The van der Waals surface area contributed by atoms with Crippen molar-refractivity contribution < 1.29 is 0 Å². The molecule has 92 valence electrons. The molecule has 4 saturated carbocycles. The van der Waals surface area contributed by atoms with Gasteiger partial charge in [0.15, 0.2) is 0 Å². The van der Waals surface area contributed by atoms with Gasteiger partial charge in [-0.3, -0.25) is 0 Å². The lowest BCUT2D eigenvalue weighted by Gasteiger charge is -2.62. The smallest absolute Gasteiger partial charge is 0.0210 e. The molecule has 0 amide bonds. The van der Waals surface area contributed by atoms with Crippen molar-refractivity contribution in [2.75, 3.05) is 6.54 Å². The van der Waals surface area contributed by atoms with Crippen molar-refractivity contribution in [1.82, 2.24) is 4.98 Å². The number of nitrogens with two attached hydrogens (primary N) is 1. The third-order valence-electron chi connectivity index (χ3n) is 5.78. The third-order valence-corrected chi connectivity index (χ3v) is 5.78. The molecule has 4 aliphatic rings. The van der Waals surface area contributed by atoms with E-state index in [1.165, 1.54) is 44.2 Å². The van der Waals surface area contributed by atoms with Crippen molar-refractivity contribution in [3.05, 3.63) is 24.0 Å². The Morgan fingerprint density at radius 1 is 1.24 bits per heavy atom. The van der Waals surface area contributed by atoms with Crippen LogP contribution in [0.15, 0.2) is 18.3 Å². The van der Waals surface area contributed by atoms with E-state index in [1.54, 1.807) is 0 Å². The SMILES string of the molecule is NCC12CC3CC(C1)CC(c1ccc[nH]1)(C3)C2. The molecule has 4 fully saturated rings. The summed E-state index contributed by atoms with van der Waals surface area (Å²) in [6.07, 6.45) is 10.5. The fraction of sp³-hybridized carbons (Fsp3) is 0.733. The zero-order chi connectivity index (χ0) is 11.5. The van der Waals surface area contributed by atoms with Crippen LogP contribution >= 0.6 is 0 Å². The van der Waals surface area contributed by atoms with Gasteiger partial charge in [-0.2, -0.15) is 0 Å². The maximum atomic E-state index is 6.13. The number of H-pyrrole nitrogens is 1. The van der Waals surface area contributed by atoms with Crippen molar-refractivity contribution in [2.24, 2.45) is 23.0 Å². The summed E-state index contributed by atoms with van der Waals surface area (Å²) in [6, 6.07) is 4.46. The second-order valence-electron chi connectivity index (χ2n) is 7.03. The highest BCUT2D eigenvalue weighted by Crippen LogP contribution is 2.65. The van der Waals surface area contributed by atoms with Crippen molar-refractivity contribution in [3.8, 4) is 0 Å². The Bertz CT molecular complexity index is 406. The van der Waals surface area contributed by atoms with E-state index in [2.05, 4.69) is 23.3 Å². The normalized spacial score (nSPS) is 47.6. The van der Waals surface area contributed by atoms with Crippen LogP contribution < -0.4 is 5.73 Å². The quantitative estimate of drug-likeness (QED) is 0.806. The van der Waals surface area contributed by atoms with Gasteiger partial charge in [0.1, 0.15) is 0 Å². The van der Waals surface area contributed by atoms with E-state index >= 15 is 0 Å². The van der Waals surface area contributed by atoms with Crippen LogP contribution in [0.25, 0.3) is 0 Å². The second-order valence-corrected chi connectivity index (χ2v) is 7.03. The summed E-state index contributed by atoms with van der Waals surface area (Å²) in [5, 5.41) is 0. The van der Waals surface area contributed by atoms with Gasteiger partial charge in [-0.25, -0.2) is 0 Å². The van der Waals surface area contributed by atoms with E-state index in [0.717, 1.165) is 18.4 Å². The molecule has 1 heterocycles. The van der Waals surface area contributed by atoms with Gasteiger partial charge in [0.25, 0.3) is 0 Å². The van der Waals surface area contributed by atoms with Crippen LogP contribution in [0, 0.1) is 17.3 Å². The van der Waals surface area contributed by atoms with Gasteiger partial charge >= 0.3 is 0 Å². The maximum Gasteiger partial charge on any atom is 0.0210 e. The van der Waals surface area contributed by atoms with E-state index in [0.29, 0.717) is 10.8 Å². The average Bonchev–Trinajstić information content (AvgIpc) is 2.81. The minimum absolute atomic E-state index is 0.451. The number of rotatable bonds is 2. The molecule has 1 aromatic heterocycles. The molecule has 5 rings (SSSR count).